The minimum atomic E-state index is -4.41. The molecule has 0 saturated heterocycles. The lowest BCUT2D eigenvalue weighted by atomic mass is 9.98. The minimum Gasteiger partial charge on any atom is -0.326 e. The van der Waals surface area contributed by atoms with Gasteiger partial charge in [-0.05, 0) is 18.1 Å². The van der Waals surface area contributed by atoms with Crippen LogP contribution >= 0.6 is 15.9 Å². The molecule has 7 heteroatoms. The Labute approximate surface area is 129 Å². The van der Waals surface area contributed by atoms with Crippen LogP contribution in [0, 0.1) is 0 Å². The molecule has 2 N–H and O–H groups in total. The molecule has 0 amide bonds. The van der Waals surface area contributed by atoms with Crippen molar-refractivity contribution in [1.82, 2.24) is 9.78 Å². The highest BCUT2D eigenvalue weighted by molar-refractivity contribution is 9.10. The lowest BCUT2D eigenvalue weighted by molar-refractivity contribution is -0.137. The normalized spacial score (nSPS) is 15.0. The number of aromatic nitrogens is 2. The molecule has 0 bridgehead atoms. The molecule has 0 aliphatic carbocycles. The second-order valence-corrected chi connectivity index (χ2v) is 5.60. The van der Waals surface area contributed by atoms with E-state index >= 15 is 0 Å². The van der Waals surface area contributed by atoms with Gasteiger partial charge in [0, 0.05) is 16.7 Å². The summed E-state index contributed by atoms with van der Waals surface area (Å²) in [7, 11) is 0. The molecular formula is C14H15BrF3N3. The monoisotopic (exact) mass is 361 g/mol. The molecule has 2 atom stereocenters. The summed E-state index contributed by atoms with van der Waals surface area (Å²) >= 11 is 3.42. The Bertz CT molecular complexity index is 610. The summed E-state index contributed by atoms with van der Waals surface area (Å²) in [6, 6.07) is 6.53. The van der Waals surface area contributed by atoms with Crippen LogP contribution in [-0.4, -0.2) is 15.8 Å². The maximum atomic E-state index is 12.7. The molecule has 0 radical (unpaired) electrons. The van der Waals surface area contributed by atoms with E-state index in [9.17, 15) is 13.2 Å². The summed E-state index contributed by atoms with van der Waals surface area (Å²) in [4.78, 5) is 0. The number of nitrogens with two attached hydrogens (primary N) is 1. The van der Waals surface area contributed by atoms with E-state index in [1.165, 1.54) is 4.68 Å². The largest absolute Gasteiger partial charge is 0.419 e. The number of halogens is 4. The van der Waals surface area contributed by atoms with Crippen LogP contribution in [0.25, 0.3) is 0 Å². The van der Waals surface area contributed by atoms with Crippen LogP contribution in [0.3, 0.4) is 0 Å². The molecule has 1 heterocycles. The quantitative estimate of drug-likeness (QED) is 0.894. The average Bonchev–Trinajstić information content (AvgIpc) is 2.90. The molecule has 21 heavy (non-hydrogen) atoms. The predicted molar refractivity (Wildman–Crippen MR) is 77.8 cm³/mol. The maximum absolute atomic E-state index is 12.7. The molecule has 0 saturated carbocycles. The summed E-state index contributed by atoms with van der Waals surface area (Å²) < 4.78 is 40.3. The van der Waals surface area contributed by atoms with Crippen molar-refractivity contribution in [2.45, 2.75) is 31.6 Å². The van der Waals surface area contributed by atoms with Crippen LogP contribution in [0.2, 0.25) is 0 Å². The summed E-state index contributed by atoms with van der Waals surface area (Å²) in [5.41, 5.74) is 6.14. The Morgan fingerprint density at radius 3 is 2.52 bits per heavy atom. The molecule has 1 aromatic heterocycles. The molecule has 0 fully saturated rings. The maximum Gasteiger partial charge on any atom is 0.419 e. The molecule has 0 aliphatic rings. The van der Waals surface area contributed by atoms with Gasteiger partial charge in [-0.15, -0.1) is 0 Å². The topological polar surface area (TPSA) is 43.8 Å². The zero-order chi connectivity index (χ0) is 15.6. The average molecular weight is 362 g/mol. The highest BCUT2D eigenvalue weighted by atomic mass is 79.9. The smallest absolute Gasteiger partial charge is 0.326 e. The van der Waals surface area contributed by atoms with Crippen molar-refractivity contribution < 1.29 is 13.2 Å². The lowest BCUT2D eigenvalue weighted by Gasteiger charge is -2.25. The first-order valence-electron chi connectivity index (χ1n) is 6.46. The fourth-order valence-corrected chi connectivity index (χ4v) is 2.66. The number of alkyl halides is 3. The summed E-state index contributed by atoms with van der Waals surface area (Å²) in [5.74, 6) is 0. The van der Waals surface area contributed by atoms with Gasteiger partial charge in [0.25, 0.3) is 0 Å². The van der Waals surface area contributed by atoms with Crippen molar-refractivity contribution in [3.63, 3.8) is 0 Å². The SMILES string of the molecule is CCC(N)C(c1ccccc1Br)n1cc(C(F)(F)F)cn1. The van der Waals surface area contributed by atoms with Crippen molar-refractivity contribution in [3.8, 4) is 0 Å². The van der Waals surface area contributed by atoms with Gasteiger partial charge >= 0.3 is 6.18 Å². The van der Waals surface area contributed by atoms with Gasteiger partial charge in [-0.2, -0.15) is 18.3 Å². The highest BCUT2D eigenvalue weighted by Crippen LogP contribution is 2.33. The van der Waals surface area contributed by atoms with Gasteiger partial charge < -0.3 is 5.73 Å². The van der Waals surface area contributed by atoms with E-state index < -0.39 is 17.8 Å². The van der Waals surface area contributed by atoms with Crippen LogP contribution in [0.15, 0.2) is 41.1 Å². The van der Waals surface area contributed by atoms with E-state index in [1.54, 1.807) is 0 Å². The Kier molecular flexibility index (Phi) is 4.73. The lowest BCUT2D eigenvalue weighted by Crippen LogP contribution is -2.33. The van der Waals surface area contributed by atoms with E-state index in [0.29, 0.717) is 6.42 Å². The molecule has 3 nitrogen and oxygen atoms in total. The van der Waals surface area contributed by atoms with Crippen LogP contribution in [-0.2, 0) is 6.18 Å². The number of benzene rings is 1. The fraction of sp³-hybridized carbons (Fsp3) is 0.357. The van der Waals surface area contributed by atoms with E-state index in [-0.39, 0.29) is 6.04 Å². The molecule has 2 unspecified atom stereocenters. The van der Waals surface area contributed by atoms with E-state index in [0.717, 1.165) is 22.4 Å². The zero-order valence-electron chi connectivity index (χ0n) is 11.3. The van der Waals surface area contributed by atoms with Gasteiger partial charge in [-0.1, -0.05) is 41.1 Å². The summed E-state index contributed by atoms with van der Waals surface area (Å²) in [6.07, 6.45) is -1.97. The molecule has 2 aromatic rings. The summed E-state index contributed by atoms with van der Waals surface area (Å²) in [5, 5.41) is 3.87. The van der Waals surface area contributed by atoms with Crippen LogP contribution in [0.4, 0.5) is 13.2 Å². The molecule has 114 valence electrons. The van der Waals surface area contributed by atoms with Gasteiger partial charge in [0.15, 0.2) is 0 Å². The van der Waals surface area contributed by atoms with Crippen LogP contribution < -0.4 is 5.73 Å². The zero-order valence-corrected chi connectivity index (χ0v) is 12.9. The standard InChI is InChI=1S/C14H15BrF3N3/c1-2-12(19)13(10-5-3-4-6-11(10)15)21-8-9(7-20-21)14(16,17)18/h3-8,12-13H,2,19H2,1H3. The second kappa shape index (κ2) is 6.19. The number of hydrogen-bond acceptors (Lipinski definition) is 2. The number of rotatable bonds is 4. The Hall–Kier alpha value is -1.34. The van der Waals surface area contributed by atoms with Gasteiger partial charge in [-0.25, -0.2) is 0 Å². The van der Waals surface area contributed by atoms with Gasteiger partial charge in [0.2, 0.25) is 0 Å². The number of nitrogens with zero attached hydrogens (tertiary/aromatic N) is 2. The van der Waals surface area contributed by atoms with Gasteiger partial charge in [0.05, 0.1) is 17.8 Å². The van der Waals surface area contributed by atoms with Gasteiger partial charge in [-0.3, -0.25) is 4.68 Å². The predicted octanol–water partition coefficient (Wildman–Crippen LogP) is 3.99. The second-order valence-electron chi connectivity index (χ2n) is 4.75. The van der Waals surface area contributed by atoms with E-state index in [4.69, 9.17) is 5.73 Å². The third-order valence-corrected chi connectivity index (χ3v) is 4.04. The molecule has 0 spiro atoms. The highest BCUT2D eigenvalue weighted by Gasteiger charge is 2.34. The van der Waals surface area contributed by atoms with Crippen molar-refractivity contribution >= 4 is 15.9 Å². The first-order valence-corrected chi connectivity index (χ1v) is 7.25. The molecule has 2 rings (SSSR count). The van der Waals surface area contributed by atoms with Crippen molar-refractivity contribution in [2.75, 3.05) is 0 Å². The van der Waals surface area contributed by atoms with Crippen LogP contribution in [0.5, 0.6) is 0 Å². The first kappa shape index (κ1) is 16.0. The Balaban J connectivity index is 2.47. The van der Waals surface area contributed by atoms with Gasteiger partial charge in [0.1, 0.15) is 0 Å². The minimum absolute atomic E-state index is 0.343. The third-order valence-electron chi connectivity index (χ3n) is 3.31. The third kappa shape index (κ3) is 3.47. The van der Waals surface area contributed by atoms with E-state index in [1.807, 2.05) is 31.2 Å². The molecule has 0 aliphatic heterocycles. The first-order chi connectivity index (χ1) is 9.84. The Morgan fingerprint density at radius 1 is 1.33 bits per heavy atom. The fourth-order valence-electron chi connectivity index (χ4n) is 2.14. The van der Waals surface area contributed by atoms with Crippen LogP contribution in [0.1, 0.15) is 30.5 Å². The van der Waals surface area contributed by atoms with Crippen molar-refractivity contribution in [3.05, 3.63) is 52.3 Å². The van der Waals surface area contributed by atoms with Crippen molar-refractivity contribution in [1.29, 1.82) is 0 Å². The van der Waals surface area contributed by atoms with Crippen molar-refractivity contribution in [2.24, 2.45) is 5.73 Å². The Morgan fingerprint density at radius 2 is 2.00 bits per heavy atom. The molecular weight excluding hydrogens is 347 g/mol. The summed E-state index contributed by atoms with van der Waals surface area (Å²) in [6.45, 7) is 1.89. The van der Waals surface area contributed by atoms with E-state index in [2.05, 4.69) is 21.0 Å². The molecule has 1 aromatic carbocycles. The number of hydrogen-bond donors (Lipinski definition) is 1.